The first-order valence-corrected chi connectivity index (χ1v) is 4.81. The largest absolute Gasteiger partial charge is 0.497 e. The Hall–Kier alpha value is -1.79. The number of methoxy groups -OCH3 is 2. The average Bonchev–Trinajstić information content (AvgIpc) is 2.35. The van der Waals surface area contributed by atoms with Crippen LogP contribution in [0.4, 0.5) is 0 Å². The Kier molecular flexibility index (Phi) is 4.30. The molecule has 0 aliphatic rings. The minimum absolute atomic E-state index is 0.205. The van der Waals surface area contributed by atoms with Crippen LogP contribution in [0.25, 0.3) is 0 Å². The highest BCUT2D eigenvalue weighted by molar-refractivity contribution is 5.73. The summed E-state index contributed by atoms with van der Waals surface area (Å²) < 4.78 is 9.94. The fourth-order valence-corrected chi connectivity index (χ4v) is 1.32. The lowest BCUT2D eigenvalue weighted by Gasteiger charge is -2.16. The molecule has 0 spiro atoms. The van der Waals surface area contributed by atoms with E-state index < -0.39 is 18.2 Å². The van der Waals surface area contributed by atoms with Crippen molar-refractivity contribution in [1.82, 2.24) is 0 Å². The van der Waals surface area contributed by atoms with Gasteiger partial charge in [0, 0.05) is 6.07 Å². The number of benzene rings is 1. The highest BCUT2D eigenvalue weighted by Crippen LogP contribution is 2.27. The van der Waals surface area contributed by atoms with Crippen LogP contribution < -0.4 is 9.47 Å². The predicted octanol–water partition coefficient (Wildman–Crippen LogP) is 0.183. The Morgan fingerprint density at radius 2 is 1.59 bits per heavy atom. The number of hydrogen-bond donors (Lipinski definition) is 3. The van der Waals surface area contributed by atoms with E-state index in [1.807, 2.05) is 0 Å². The first kappa shape index (κ1) is 13.3. The van der Waals surface area contributed by atoms with E-state index in [0.717, 1.165) is 0 Å². The number of ether oxygens (including phenoxy) is 2. The number of rotatable bonds is 5. The van der Waals surface area contributed by atoms with Gasteiger partial charge in [-0.3, -0.25) is 0 Å². The molecule has 0 aliphatic carbocycles. The van der Waals surface area contributed by atoms with Gasteiger partial charge in [-0.25, -0.2) is 4.79 Å². The van der Waals surface area contributed by atoms with Gasteiger partial charge < -0.3 is 24.8 Å². The molecule has 94 valence electrons. The number of carbonyl (C=O) groups is 1. The summed E-state index contributed by atoms with van der Waals surface area (Å²) in [5.41, 5.74) is 0.205. The third-order valence-corrected chi connectivity index (χ3v) is 2.27. The number of aliphatic hydroxyl groups excluding tert-OH is 2. The Bertz CT molecular complexity index is 381. The molecule has 0 amide bonds. The average molecular weight is 242 g/mol. The molecule has 0 saturated heterocycles. The van der Waals surface area contributed by atoms with E-state index in [4.69, 9.17) is 14.6 Å². The van der Waals surface area contributed by atoms with Gasteiger partial charge in [-0.1, -0.05) is 0 Å². The second-order valence-corrected chi connectivity index (χ2v) is 3.37. The highest BCUT2D eigenvalue weighted by atomic mass is 16.5. The SMILES string of the molecule is COc1cc(OC)cc(C(O)C(O)C(=O)O)c1. The lowest BCUT2D eigenvalue weighted by molar-refractivity contribution is -0.153. The van der Waals surface area contributed by atoms with Gasteiger partial charge in [0.2, 0.25) is 0 Å². The van der Waals surface area contributed by atoms with Crippen molar-refractivity contribution < 1.29 is 29.6 Å². The molecule has 0 bridgehead atoms. The van der Waals surface area contributed by atoms with Crippen LogP contribution in [0.5, 0.6) is 11.5 Å². The third-order valence-electron chi connectivity index (χ3n) is 2.27. The number of hydrogen-bond acceptors (Lipinski definition) is 5. The molecule has 0 aliphatic heterocycles. The van der Waals surface area contributed by atoms with Crippen molar-refractivity contribution in [2.45, 2.75) is 12.2 Å². The summed E-state index contributed by atoms with van der Waals surface area (Å²) in [7, 11) is 2.86. The first-order chi connectivity index (χ1) is 7.99. The van der Waals surface area contributed by atoms with Gasteiger partial charge >= 0.3 is 5.97 Å². The number of aliphatic carboxylic acids is 1. The Labute approximate surface area is 98.0 Å². The maximum atomic E-state index is 10.6. The van der Waals surface area contributed by atoms with E-state index >= 15 is 0 Å². The number of aliphatic hydroxyl groups is 2. The van der Waals surface area contributed by atoms with E-state index in [1.165, 1.54) is 26.4 Å². The fourth-order valence-electron chi connectivity index (χ4n) is 1.32. The van der Waals surface area contributed by atoms with E-state index in [2.05, 4.69) is 0 Å². The van der Waals surface area contributed by atoms with Crippen molar-refractivity contribution >= 4 is 5.97 Å². The zero-order valence-corrected chi connectivity index (χ0v) is 9.45. The van der Waals surface area contributed by atoms with Crippen LogP contribution in [0.1, 0.15) is 11.7 Å². The van der Waals surface area contributed by atoms with Gasteiger partial charge in [0.15, 0.2) is 6.10 Å². The predicted molar refractivity (Wildman–Crippen MR) is 58.1 cm³/mol. The van der Waals surface area contributed by atoms with Gasteiger partial charge in [0.1, 0.15) is 17.6 Å². The lowest BCUT2D eigenvalue weighted by atomic mass is 10.0. The maximum absolute atomic E-state index is 10.6. The lowest BCUT2D eigenvalue weighted by Crippen LogP contribution is -2.27. The van der Waals surface area contributed by atoms with Crippen LogP contribution in [0, 0.1) is 0 Å². The van der Waals surface area contributed by atoms with Crippen LogP contribution >= 0.6 is 0 Å². The summed E-state index contributed by atoms with van der Waals surface area (Å²) >= 11 is 0. The molecule has 6 nitrogen and oxygen atoms in total. The molecular formula is C11H14O6. The molecule has 0 aromatic heterocycles. The summed E-state index contributed by atoms with van der Waals surface area (Å²) in [6.45, 7) is 0. The Morgan fingerprint density at radius 1 is 1.12 bits per heavy atom. The highest BCUT2D eigenvalue weighted by Gasteiger charge is 2.25. The number of carboxylic acids is 1. The summed E-state index contributed by atoms with van der Waals surface area (Å²) in [5, 5.41) is 27.5. The Balaban J connectivity index is 3.07. The summed E-state index contributed by atoms with van der Waals surface area (Å²) in [6.07, 6.45) is -3.44. The van der Waals surface area contributed by atoms with Crippen molar-refractivity contribution in [3.8, 4) is 11.5 Å². The summed E-state index contributed by atoms with van der Waals surface area (Å²) in [4.78, 5) is 10.6. The monoisotopic (exact) mass is 242 g/mol. The molecule has 1 rings (SSSR count). The van der Waals surface area contributed by atoms with Crippen molar-refractivity contribution in [3.05, 3.63) is 23.8 Å². The van der Waals surface area contributed by atoms with Crippen molar-refractivity contribution in [1.29, 1.82) is 0 Å². The molecule has 2 unspecified atom stereocenters. The quantitative estimate of drug-likeness (QED) is 0.681. The number of carboxylic acid groups (broad SMARTS) is 1. The van der Waals surface area contributed by atoms with Gasteiger partial charge in [-0.05, 0) is 17.7 Å². The zero-order valence-electron chi connectivity index (χ0n) is 9.45. The van der Waals surface area contributed by atoms with Crippen LogP contribution in [-0.4, -0.2) is 41.6 Å². The molecule has 0 saturated carbocycles. The third kappa shape index (κ3) is 3.08. The molecule has 0 radical (unpaired) electrons. The Morgan fingerprint density at radius 3 is 1.94 bits per heavy atom. The molecule has 2 atom stereocenters. The molecule has 3 N–H and O–H groups in total. The minimum Gasteiger partial charge on any atom is -0.497 e. The normalized spacial score (nSPS) is 13.9. The van der Waals surface area contributed by atoms with Crippen molar-refractivity contribution in [2.75, 3.05) is 14.2 Å². The van der Waals surface area contributed by atoms with Crippen LogP contribution in [0.3, 0.4) is 0 Å². The van der Waals surface area contributed by atoms with Gasteiger partial charge in [0.05, 0.1) is 14.2 Å². The van der Waals surface area contributed by atoms with Gasteiger partial charge in [0.25, 0.3) is 0 Å². The second kappa shape index (κ2) is 5.51. The van der Waals surface area contributed by atoms with Crippen LogP contribution in [0.2, 0.25) is 0 Å². The molecule has 1 aromatic carbocycles. The minimum atomic E-state index is -1.90. The zero-order chi connectivity index (χ0) is 13.0. The molecule has 1 aromatic rings. The first-order valence-electron chi connectivity index (χ1n) is 4.81. The topological polar surface area (TPSA) is 96.2 Å². The van der Waals surface area contributed by atoms with E-state index in [-0.39, 0.29) is 5.56 Å². The molecule has 0 heterocycles. The summed E-state index contributed by atoms with van der Waals surface area (Å²) in [5.74, 6) is -0.703. The second-order valence-electron chi connectivity index (χ2n) is 3.37. The van der Waals surface area contributed by atoms with E-state index in [9.17, 15) is 15.0 Å². The van der Waals surface area contributed by atoms with Crippen LogP contribution in [-0.2, 0) is 4.79 Å². The van der Waals surface area contributed by atoms with Crippen LogP contribution in [0.15, 0.2) is 18.2 Å². The van der Waals surface area contributed by atoms with Crippen molar-refractivity contribution in [3.63, 3.8) is 0 Å². The molecule has 0 fully saturated rings. The fraction of sp³-hybridized carbons (Fsp3) is 0.364. The van der Waals surface area contributed by atoms with Crippen molar-refractivity contribution in [2.24, 2.45) is 0 Å². The summed E-state index contributed by atoms with van der Waals surface area (Å²) in [6, 6.07) is 4.43. The molecule has 17 heavy (non-hydrogen) atoms. The molecule has 6 heteroatoms. The molecular weight excluding hydrogens is 228 g/mol. The van der Waals surface area contributed by atoms with E-state index in [1.54, 1.807) is 6.07 Å². The van der Waals surface area contributed by atoms with Gasteiger partial charge in [-0.2, -0.15) is 0 Å². The maximum Gasteiger partial charge on any atom is 0.335 e. The standard InChI is InChI=1S/C11H14O6/c1-16-7-3-6(4-8(5-7)17-2)9(12)10(13)11(14)15/h3-5,9-10,12-13H,1-2H3,(H,14,15). The smallest absolute Gasteiger partial charge is 0.335 e. The van der Waals surface area contributed by atoms with E-state index in [0.29, 0.717) is 11.5 Å². The van der Waals surface area contributed by atoms with Gasteiger partial charge in [-0.15, -0.1) is 0 Å².